The Morgan fingerprint density at radius 3 is 2.16 bits per heavy atom. The molecule has 0 spiro atoms. The second kappa shape index (κ2) is 19.9. The summed E-state index contributed by atoms with van der Waals surface area (Å²) in [5, 5.41) is 0. The molecule has 3 heteroatoms. The maximum atomic E-state index is 6.33. The van der Waals surface area contributed by atoms with E-state index in [4.69, 9.17) is 9.47 Å². The van der Waals surface area contributed by atoms with Gasteiger partial charge in [-0.25, -0.2) is 0 Å². The highest BCUT2D eigenvalue weighted by atomic mass is 16.5. The van der Waals surface area contributed by atoms with Gasteiger partial charge >= 0.3 is 0 Å². The molecule has 0 amide bonds. The molecule has 2 rings (SSSR count). The normalized spacial score (nSPS) is 16.9. The zero-order valence-corrected chi connectivity index (χ0v) is 25.4. The molecule has 1 aliphatic rings. The van der Waals surface area contributed by atoms with E-state index in [1.54, 1.807) is 0 Å². The quantitative estimate of drug-likeness (QED) is 0.152. The zero-order chi connectivity index (χ0) is 26.7. The molecule has 0 radical (unpaired) electrons. The Morgan fingerprint density at radius 1 is 0.892 bits per heavy atom. The van der Waals surface area contributed by atoms with E-state index in [1.807, 2.05) is 0 Å². The molecule has 2 unspecified atom stereocenters. The molecule has 1 heterocycles. The molecule has 0 N–H and O–H groups in total. The van der Waals surface area contributed by atoms with Gasteiger partial charge in [-0.05, 0) is 81.8 Å². The summed E-state index contributed by atoms with van der Waals surface area (Å²) >= 11 is 0. The molecule has 1 aromatic rings. The molecule has 37 heavy (non-hydrogen) atoms. The van der Waals surface area contributed by atoms with Gasteiger partial charge in [-0.15, -0.1) is 0 Å². The van der Waals surface area contributed by atoms with E-state index in [0.29, 0.717) is 6.61 Å². The maximum absolute atomic E-state index is 6.33. The molecule has 1 aliphatic heterocycles. The fraction of sp³-hybridized carbons (Fsp3) is 0.824. The van der Waals surface area contributed by atoms with E-state index in [0.717, 1.165) is 31.2 Å². The summed E-state index contributed by atoms with van der Waals surface area (Å²) in [4.78, 5) is 2.25. The Morgan fingerprint density at radius 2 is 1.54 bits per heavy atom. The number of unbranched alkanes of at least 4 members (excludes halogenated alkanes) is 10. The lowest BCUT2D eigenvalue weighted by atomic mass is 9.96. The second-order valence-corrected chi connectivity index (χ2v) is 12.2. The Bertz CT molecular complexity index is 695. The number of benzene rings is 1. The van der Waals surface area contributed by atoms with Crippen LogP contribution >= 0.6 is 0 Å². The summed E-state index contributed by atoms with van der Waals surface area (Å²) in [6, 6.07) is 4.68. The fourth-order valence-corrected chi connectivity index (χ4v) is 5.73. The van der Waals surface area contributed by atoms with Gasteiger partial charge in [0.25, 0.3) is 0 Å². The third kappa shape index (κ3) is 14.6. The summed E-state index contributed by atoms with van der Waals surface area (Å²) in [5.41, 5.74) is 4.17. The van der Waals surface area contributed by atoms with Crippen LogP contribution in [0.1, 0.15) is 140 Å². The number of hydrogen-bond acceptors (Lipinski definition) is 3. The van der Waals surface area contributed by atoms with Crippen LogP contribution in [-0.4, -0.2) is 38.3 Å². The molecule has 214 valence electrons. The van der Waals surface area contributed by atoms with Crippen molar-refractivity contribution in [1.82, 2.24) is 4.90 Å². The first-order valence-electron chi connectivity index (χ1n) is 16.0. The lowest BCUT2D eigenvalue weighted by Gasteiger charge is -2.24. The van der Waals surface area contributed by atoms with Crippen LogP contribution in [0.15, 0.2) is 12.1 Å². The van der Waals surface area contributed by atoms with Gasteiger partial charge in [0.1, 0.15) is 12.4 Å². The highest BCUT2D eigenvalue weighted by Crippen LogP contribution is 2.27. The van der Waals surface area contributed by atoms with Crippen molar-refractivity contribution < 1.29 is 9.47 Å². The minimum Gasteiger partial charge on any atom is -0.491 e. The van der Waals surface area contributed by atoms with Crippen LogP contribution in [0.2, 0.25) is 0 Å². The minimum atomic E-state index is 0.258. The standard InChI is InChI=1S/C34H61NO2/c1-6-7-15-20-29(2)21-16-13-11-9-8-10-12-14-17-22-32-25-31(27-35(4)5)26-34(30(32)3)37-28-33-23-18-19-24-36-33/h25-26,29,33H,6-24,27-28H2,1-5H3. The molecule has 0 saturated carbocycles. The molecular formula is C34H61NO2. The number of aryl methyl sites for hydroxylation is 1. The van der Waals surface area contributed by atoms with Crippen molar-refractivity contribution in [3.8, 4) is 5.75 Å². The van der Waals surface area contributed by atoms with E-state index in [9.17, 15) is 0 Å². The topological polar surface area (TPSA) is 21.7 Å². The van der Waals surface area contributed by atoms with E-state index < -0.39 is 0 Å². The second-order valence-electron chi connectivity index (χ2n) is 12.2. The van der Waals surface area contributed by atoms with Crippen molar-refractivity contribution in [1.29, 1.82) is 0 Å². The minimum absolute atomic E-state index is 0.258. The monoisotopic (exact) mass is 515 g/mol. The van der Waals surface area contributed by atoms with Crippen molar-refractivity contribution in [2.75, 3.05) is 27.3 Å². The van der Waals surface area contributed by atoms with Crippen LogP contribution in [0.3, 0.4) is 0 Å². The van der Waals surface area contributed by atoms with Crippen LogP contribution in [0.4, 0.5) is 0 Å². The molecular weight excluding hydrogens is 454 g/mol. The van der Waals surface area contributed by atoms with E-state index in [2.05, 4.69) is 51.9 Å². The van der Waals surface area contributed by atoms with E-state index >= 15 is 0 Å². The van der Waals surface area contributed by atoms with Crippen molar-refractivity contribution in [2.45, 2.75) is 149 Å². The molecule has 0 aromatic heterocycles. The first-order chi connectivity index (χ1) is 18.0. The molecule has 2 atom stereocenters. The van der Waals surface area contributed by atoms with Crippen LogP contribution in [0, 0.1) is 12.8 Å². The predicted molar refractivity (Wildman–Crippen MR) is 161 cm³/mol. The first kappa shape index (κ1) is 32.2. The third-order valence-electron chi connectivity index (χ3n) is 8.17. The number of rotatable bonds is 21. The average molecular weight is 516 g/mol. The van der Waals surface area contributed by atoms with Crippen molar-refractivity contribution in [3.63, 3.8) is 0 Å². The van der Waals surface area contributed by atoms with Gasteiger partial charge in [0.05, 0.1) is 6.10 Å². The van der Waals surface area contributed by atoms with E-state index in [-0.39, 0.29) is 6.10 Å². The van der Waals surface area contributed by atoms with Gasteiger partial charge in [-0.1, -0.05) is 103 Å². The van der Waals surface area contributed by atoms with Crippen molar-refractivity contribution >= 4 is 0 Å². The van der Waals surface area contributed by atoms with Gasteiger partial charge in [0.15, 0.2) is 0 Å². The van der Waals surface area contributed by atoms with E-state index in [1.165, 1.54) is 126 Å². The Labute approximate surface area is 231 Å². The Balaban J connectivity index is 1.62. The lowest BCUT2D eigenvalue weighted by molar-refractivity contribution is -0.0112. The molecule has 3 nitrogen and oxygen atoms in total. The van der Waals surface area contributed by atoms with Gasteiger partial charge in [-0.2, -0.15) is 0 Å². The van der Waals surface area contributed by atoms with Crippen LogP contribution in [-0.2, 0) is 17.7 Å². The summed E-state index contributed by atoms with van der Waals surface area (Å²) in [7, 11) is 4.29. The Hall–Kier alpha value is -1.06. The molecule has 1 saturated heterocycles. The van der Waals surface area contributed by atoms with Gasteiger partial charge in [0, 0.05) is 13.2 Å². The number of hydrogen-bond donors (Lipinski definition) is 0. The van der Waals surface area contributed by atoms with Crippen molar-refractivity contribution in [2.24, 2.45) is 5.92 Å². The van der Waals surface area contributed by atoms with Crippen LogP contribution < -0.4 is 4.74 Å². The van der Waals surface area contributed by atoms with Crippen molar-refractivity contribution in [3.05, 3.63) is 28.8 Å². The van der Waals surface area contributed by atoms with Crippen LogP contribution in [0.25, 0.3) is 0 Å². The van der Waals surface area contributed by atoms with Gasteiger partial charge in [-0.3, -0.25) is 0 Å². The SMILES string of the molecule is CCCCCC(C)CCCCCCCCCCCc1cc(CN(C)C)cc(OCC2CCCCO2)c1C. The summed E-state index contributed by atoms with van der Waals surface area (Å²) in [6.45, 7) is 9.54. The maximum Gasteiger partial charge on any atom is 0.122 e. The molecule has 1 aromatic carbocycles. The number of nitrogens with zero attached hydrogens (tertiary/aromatic N) is 1. The third-order valence-corrected chi connectivity index (χ3v) is 8.17. The summed E-state index contributed by atoms with van der Waals surface area (Å²) in [5.74, 6) is 2.01. The highest BCUT2D eigenvalue weighted by molar-refractivity contribution is 5.43. The van der Waals surface area contributed by atoms with Gasteiger partial charge < -0.3 is 14.4 Å². The largest absolute Gasteiger partial charge is 0.491 e. The highest BCUT2D eigenvalue weighted by Gasteiger charge is 2.16. The average Bonchev–Trinajstić information content (AvgIpc) is 2.88. The first-order valence-corrected chi connectivity index (χ1v) is 16.0. The summed E-state index contributed by atoms with van der Waals surface area (Å²) in [6.07, 6.45) is 24.7. The zero-order valence-electron chi connectivity index (χ0n) is 25.4. The molecule has 0 bridgehead atoms. The fourth-order valence-electron chi connectivity index (χ4n) is 5.73. The lowest BCUT2D eigenvalue weighted by Crippen LogP contribution is -2.26. The molecule has 1 fully saturated rings. The predicted octanol–water partition coefficient (Wildman–Crippen LogP) is 9.66. The Kier molecular flexibility index (Phi) is 17.3. The molecule has 0 aliphatic carbocycles. The van der Waals surface area contributed by atoms with Crippen LogP contribution in [0.5, 0.6) is 5.75 Å². The van der Waals surface area contributed by atoms with Gasteiger partial charge in [0.2, 0.25) is 0 Å². The summed E-state index contributed by atoms with van der Waals surface area (Å²) < 4.78 is 12.2. The smallest absolute Gasteiger partial charge is 0.122 e. The number of ether oxygens (including phenoxy) is 2.